The van der Waals surface area contributed by atoms with Gasteiger partial charge in [0.2, 0.25) is 15.0 Å². The number of hydrogen-bond donors (Lipinski definition) is 1. The highest BCUT2D eigenvalue weighted by molar-refractivity contribution is 7.90. The number of nitrogens with zero attached hydrogens (tertiary/aromatic N) is 3. The topological polar surface area (TPSA) is 85.1 Å². The summed E-state index contributed by atoms with van der Waals surface area (Å²) >= 11 is 0. The van der Waals surface area contributed by atoms with Crippen molar-refractivity contribution < 1.29 is 13.5 Å². The third-order valence-corrected chi connectivity index (χ3v) is 3.78. The Bertz CT molecular complexity index is 592. The Kier molecular flexibility index (Phi) is 3.21. The molecule has 90 valence electrons. The molecule has 0 aliphatic heterocycles. The molecule has 0 radical (unpaired) electrons. The van der Waals surface area contributed by atoms with Crippen LogP contribution in [0.4, 0.5) is 0 Å². The largest absolute Gasteiger partial charge is 0.374 e. The summed E-state index contributed by atoms with van der Waals surface area (Å²) in [4.78, 5) is 3.66. The highest BCUT2D eigenvalue weighted by Gasteiger charge is 2.21. The van der Waals surface area contributed by atoms with Crippen molar-refractivity contribution in [2.24, 2.45) is 0 Å². The smallest absolute Gasteiger partial charge is 0.248 e. The minimum absolute atomic E-state index is 0.160. The van der Waals surface area contributed by atoms with Gasteiger partial charge in [-0.1, -0.05) is 30.3 Å². The van der Waals surface area contributed by atoms with Crippen molar-refractivity contribution in [2.75, 3.05) is 0 Å². The number of sulfone groups is 1. The van der Waals surface area contributed by atoms with Crippen LogP contribution in [0.15, 0.2) is 41.8 Å². The molecule has 7 heteroatoms. The fraction of sp³-hybridized carbons (Fsp3) is 0.200. The Morgan fingerprint density at radius 3 is 2.59 bits per heavy atom. The van der Waals surface area contributed by atoms with Gasteiger partial charge in [-0.05, 0) is 5.56 Å². The SMILES string of the molecule is O=S(=O)(Cc1ccccc1)c1ncnn1CO. The van der Waals surface area contributed by atoms with Gasteiger partial charge in [0.1, 0.15) is 13.1 Å². The molecule has 1 N–H and O–H groups in total. The maximum atomic E-state index is 12.0. The summed E-state index contributed by atoms with van der Waals surface area (Å²) in [6, 6.07) is 8.78. The van der Waals surface area contributed by atoms with E-state index in [0.717, 1.165) is 11.0 Å². The van der Waals surface area contributed by atoms with Gasteiger partial charge >= 0.3 is 0 Å². The first-order valence-corrected chi connectivity index (χ1v) is 6.54. The molecule has 0 amide bonds. The molecule has 0 spiro atoms. The highest BCUT2D eigenvalue weighted by atomic mass is 32.2. The molecule has 1 heterocycles. The first kappa shape index (κ1) is 11.7. The van der Waals surface area contributed by atoms with E-state index in [2.05, 4.69) is 10.1 Å². The Balaban J connectivity index is 2.32. The zero-order valence-corrected chi connectivity index (χ0v) is 9.71. The molecule has 2 rings (SSSR count). The molecule has 6 nitrogen and oxygen atoms in total. The van der Waals surface area contributed by atoms with Crippen LogP contribution in [0.1, 0.15) is 5.56 Å². The Labute approximate surface area is 98.5 Å². The predicted octanol–water partition coefficient (Wildman–Crippen LogP) is 0.202. The normalized spacial score (nSPS) is 11.6. The second-order valence-electron chi connectivity index (χ2n) is 3.43. The van der Waals surface area contributed by atoms with Crippen LogP contribution in [-0.4, -0.2) is 28.3 Å². The number of aromatic nitrogens is 3. The quantitative estimate of drug-likeness (QED) is 0.841. The molecule has 17 heavy (non-hydrogen) atoms. The van der Waals surface area contributed by atoms with Crippen molar-refractivity contribution in [3.63, 3.8) is 0 Å². The van der Waals surface area contributed by atoms with Crippen molar-refractivity contribution in [1.29, 1.82) is 0 Å². The summed E-state index contributed by atoms with van der Waals surface area (Å²) < 4.78 is 25.0. The van der Waals surface area contributed by atoms with Crippen molar-refractivity contribution in [2.45, 2.75) is 17.6 Å². The maximum absolute atomic E-state index is 12.0. The van der Waals surface area contributed by atoms with Crippen molar-refractivity contribution >= 4 is 9.84 Å². The van der Waals surface area contributed by atoms with E-state index in [0.29, 0.717) is 5.56 Å². The second-order valence-corrected chi connectivity index (χ2v) is 5.31. The zero-order chi connectivity index (χ0) is 12.3. The van der Waals surface area contributed by atoms with E-state index in [9.17, 15) is 8.42 Å². The van der Waals surface area contributed by atoms with Crippen LogP contribution >= 0.6 is 0 Å². The van der Waals surface area contributed by atoms with Crippen molar-refractivity contribution in [1.82, 2.24) is 14.8 Å². The van der Waals surface area contributed by atoms with Gasteiger partial charge in [0.25, 0.3) is 0 Å². The van der Waals surface area contributed by atoms with E-state index in [1.807, 2.05) is 6.07 Å². The summed E-state index contributed by atoms with van der Waals surface area (Å²) in [5, 5.41) is 12.3. The Morgan fingerprint density at radius 2 is 1.94 bits per heavy atom. The Morgan fingerprint density at radius 1 is 1.24 bits per heavy atom. The molecule has 1 aromatic heterocycles. The minimum Gasteiger partial charge on any atom is -0.374 e. The number of benzene rings is 1. The maximum Gasteiger partial charge on any atom is 0.248 e. The number of hydrogen-bond acceptors (Lipinski definition) is 5. The van der Waals surface area contributed by atoms with Gasteiger partial charge in [-0.25, -0.2) is 18.1 Å². The molecule has 0 aliphatic rings. The number of aliphatic hydroxyl groups excluding tert-OH is 1. The molecule has 0 saturated heterocycles. The number of rotatable bonds is 4. The molecule has 1 aromatic carbocycles. The average molecular weight is 253 g/mol. The van der Waals surface area contributed by atoms with Gasteiger partial charge in [-0.15, -0.1) is 0 Å². The van der Waals surface area contributed by atoms with Crippen molar-refractivity contribution in [3.05, 3.63) is 42.2 Å². The van der Waals surface area contributed by atoms with E-state index in [1.54, 1.807) is 24.3 Å². The second kappa shape index (κ2) is 4.64. The molecular weight excluding hydrogens is 242 g/mol. The fourth-order valence-electron chi connectivity index (χ4n) is 1.45. The summed E-state index contributed by atoms with van der Waals surface area (Å²) in [7, 11) is -3.58. The van der Waals surface area contributed by atoms with E-state index in [-0.39, 0.29) is 10.9 Å². The first-order chi connectivity index (χ1) is 8.13. The summed E-state index contributed by atoms with van der Waals surface area (Å²) in [6.45, 7) is -0.511. The molecule has 0 atom stereocenters. The van der Waals surface area contributed by atoms with Crippen LogP contribution < -0.4 is 0 Å². The van der Waals surface area contributed by atoms with Crippen LogP contribution in [0.5, 0.6) is 0 Å². The van der Waals surface area contributed by atoms with Crippen LogP contribution in [0.3, 0.4) is 0 Å². The third-order valence-electron chi connectivity index (χ3n) is 2.19. The molecular formula is C10H11N3O3S. The first-order valence-electron chi connectivity index (χ1n) is 4.89. The molecule has 0 fully saturated rings. The van der Waals surface area contributed by atoms with Gasteiger partial charge in [0.05, 0.1) is 5.75 Å². The minimum atomic E-state index is -3.58. The van der Waals surface area contributed by atoms with Crippen LogP contribution in [-0.2, 0) is 22.3 Å². The van der Waals surface area contributed by atoms with Crippen molar-refractivity contribution in [3.8, 4) is 0 Å². The van der Waals surface area contributed by atoms with E-state index in [4.69, 9.17) is 5.11 Å². The van der Waals surface area contributed by atoms with Gasteiger partial charge in [0, 0.05) is 0 Å². The van der Waals surface area contributed by atoms with Crippen LogP contribution in [0.25, 0.3) is 0 Å². The lowest BCUT2D eigenvalue weighted by atomic mass is 10.2. The lowest BCUT2D eigenvalue weighted by molar-refractivity contribution is 0.182. The molecule has 2 aromatic rings. The van der Waals surface area contributed by atoms with E-state index < -0.39 is 16.6 Å². The third kappa shape index (κ3) is 2.51. The monoisotopic (exact) mass is 253 g/mol. The van der Waals surface area contributed by atoms with Gasteiger partial charge in [-0.2, -0.15) is 5.10 Å². The Hall–Kier alpha value is -1.73. The van der Waals surface area contributed by atoms with Gasteiger partial charge in [-0.3, -0.25) is 0 Å². The average Bonchev–Trinajstić information content (AvgIpc) is 2.78. The summed E-state index contributed by atoms with van der Waals surface area (Å²) in [6.07, 6.45) is 1.11. The lowest BCUT2D eigenvalue weighted by Crippen LogP contribution is -2.14. The van der Waals surface area contributed by atoms with Crippen LogP contribution in [0, 0.1) is 0 Å². The molecule has 0 aliphatic carbocycles. The lowest BCUT2D eigenvalue weighted by Gasteiger charge is -2.04. The van der Waals surface area contributed by atoms with E-state index >= 15 is 0 Å². The predicted molar refractivity (Wildman–Crippen MR) is 59.6 cm³/mol. The van der Waals surface area contributed by atoms with Gasteiger partial charge in [0.15, 0.2) is 0 Å². The van der Waals surface area contributed by atoms with Crippen LogP contribution in [0.2, 0.25) is 0 Å². The molecule has 0 saturated carbocycles. The molecule has 0 unspecified atom stereocenters. The summed E-state index contributed by atoms with van der Waals surface area (Å²) in [5.74, 6) is -0.160. The highest BCUT2D eigenvalue weighted by Crippen LogP contribution is 2.13. The summed E-state index contributed by atoms with van der Waals surface area (Å²) in [5.41, 5.74) is 0.667. The van der Waals surface area contributed by atoms with E-state index in [1.165, 1.54) is 0 Å². The number of aliphatic hydroxyl groups is 1. The molecule has 0 bridgehead atoms. The standard InChI is InChI=1S/C10H11N3O3S/c14-8-13-10(11-7-12-13)17(15,16)6-9-4-2-1-3-5-9/h1-5,7,14H,6,8H2. The zero-order valence-electron chi connectivity index (χ0n) is 8.89. The van der Waals surface area contributed by atoms with Gasteiger partial charge < -0.3 is 5.11 Å². The fourth-order valence-corrected chi connectivity index (χ4v) is 2.84.